The number of guanidine groups is 1. The average Bonchev–Trinajstić information content (AvgIpc) is 3.14. The van der Waals surface area contributed by atoms with E-state index in [0.717, 1.165) is 50.8 Å². The fourth-order valence-electron chi connectivity index (χ4n) is 3.64. The molecular formula is C21H36IN3O2. The van der Waals surface area contributed by atoms with E-state index in [0.29, 0.717) is 5.41 Å². The van der Waals surface area contributed by atoms with Gasteiger partial charge in [-0.15, -0.1) is 24.0 Å². The fraction of sp³-hybridized carbons (Fsp3) is 0.667. The molecule has 0 atom stereocenters. The number of rotatable bonds is 10. The molecule has 0 radical (unpaired) electrons. The second-order valence-corrected chi connectivity index (χ2v) is 7.17. The first-order valence-corrected chi connectivity index (χ1v) is 9.85. The van der Waals surface area contributed by atoms with Crippen molar-refractivity contribution in [1.82, 2.24) is 10.6 Å². The van der Waals surface area contributed by atoms with Crippen LogP contribution < -0.4 is 15.4 Å². The highest BCUT2D eigenvalue weighted by Crippen LogP contribution is 2.41. The lowest BCUT2D eigenvalue weighted by Crippen LogP contribution is -2.39. The van der Waals surface area contributed by atoms with Gasteiger partial charge in [0.25, 0.3) is 0 Å². The third-order valence-corrected chi connectivity index (χ3v) is 5.28. The SMILES string of the molecule is CCNC(=NCC1(CCOC)CCCC1)NCCc1ccc(OC)cc1.I. The van der Waals surface area contributed by atoms with Crippen LogP contribution in [0.25, 0.3) is 0 Å². The third kappa shape index (κ3) is 8.25. The Morgan fingerprint density at radius 2 is 1.81 bits per heavy atom. The van der Waals surface area contributed by atoms with Gasteiger partial charge < -0.3 is 20.1 Å². The second-order valence-electron chi connectivity index (χ2n) is 7.17. The lowest BCUT2D eigenvalue weighted by molar-refractivity contribution is 0.141. The summed E-state index contributed by atoms with van der Waals surface area (Å²) in [5, 5.41) is 6.84. The summed E-state index contributed by atoms with van der Waals surface area (Å²) in [4.78, 5) is 4.90. The number of halogens is 1. The molecule has 0 bridgehead atoms. The highest BCUT2D eigenvalue weighted by Gasteiger charge is 2.33. The molecule has 2 N–H and O–H groups in total. The van der Waals surface area contributed by atoms with Gasteiger partial charge in [0.05, 0.1) is 7.11 Å². The van der Waals surface area contributed by atoms with E-state index < -0.39 is 0 Å². The number of hydrogen-bond acceptors (Lipinski definition) is 3. The minimum Gasteiger partial charge on any atom is -0.497 e. The number of ether oxygens (including phenoxy) is 2. The zero-order valence-electron chi connectivity index (χ0n) is 17.1. The Labute approximate surface area is 181 Å². The van der Waals surface area contributed by atoms with E-state index in [2.05, 4.69) is 29.7 Å². The summed E-state index contributed by atoms with van der Waals surface area (Å²) < 4.78 is 10.5. The van der Waals surface area contributed by atoms with Crippen molar-refractivity contribution in [1.29, 1.82) is 0 Å². The number of benzene rings is 1. The van der Waals surface area contributed by atoms with Crippen LogP contribution in [-0.2, 0) is 11.2 Å². The van der Waals surface area contributed by atoms with Crippen molar-refractivity contribution < 1.29 is 9.47 Å². The molecule has 1 aromatic rings. The van der Waals surface area contributed by atoms with E-state index in [1.807, 2.05) is 12.1 Å². The van der Waals surface area contributed by atoms with Gasteiger partial charge in [0.15, 0.2) is 5.96 Å². The van der Waals surface area contributed by atoms with Gasteiger partial charge in [0.1, 0.15) is 5.75 Å². The molecule has 154 valence electrons. The Kier molecular flexibility index (Phi) is 11.7. The molecule has 1 aliphatic rings. The average molecular weight is 489 g/mol. The van der Waals surface area contributed by atoms with Crippen LogP contribution in [0.15, 0.2) is 29.3 Å². The summed E-state index contributed by atoms with van der Waals surface area (Å²) in [6.45, 7) is 5.56. The van der Waals surface area contributed by atoms with Crippen LogP contribution in [0.5, 0.6) is 5.75 Å². The van der Waals surface area contributed by atoms with Crippen molar-refractivity contribution in [3.05, 3.63) is 29.8 Å². The quantitative estimate of drug-likeness (QED) is 0.296. The van der Waals surface area contributed by atoms with E-state index in [9.17, 15) is 0 Å². The molecule has 1 aliphatic carbocycles. The first kappa shape index (κ1) is 24.0. The first-order chi connectivity index (χ1) is 12.7. The number of nitrogens with one attached hydrogen (secondary N) is 2. The van der Waals surface area contributed by atoms with Gasteiger partial charge in [-0.1, -0.05) is 25.0 Å². The van der Waals surface area contributed by atoms with Crippen molar-refractivity contribution in [3.63, 3.8) is 0 Å². The molecular weight excluding hydrogens is 453 g/mol. The molecule has 27 heavy (non-hydrogen) atoms. The topological polar surface area (TPSA) is 54.9 Å². The minimum atomic E-state index is 0. The molecule has 2 rings (SSSR count). The number of hydrogen-bond donors (Lipinski definition) is 2. The molecule has 0 saturated heterocycles. The van der Waals surface area contributed by atoms with E-state index in [1.165, 1.54) is 31.2 Å². The fourth-order valence-corrected chi connectivity index (χ4v) is 3.64. The van der Waals surface area contributed by atoms with Gasteiger partial charge in [0, 0.05) is 33.4 Å². The third-order valence-electron chi connectivity index (χ3n) is 5.28. The molecule has 0 spiro atoms. The predicted octanol–water partition coefficient (Wildman–Crippen LogP) is 4.01. The maximum absolute atomic E-state index is 5.32. The van der Waals surface area contributed by atoms with Gasteiger partial charge in [-0.05, 0) is 55.7 Å². The van der Waals surface area contributed by atoms with Gasteiger partial charge in [0.2, 0.25) is 0 Å². The van der Waals surface area contributed by atoms with Gasteiger partial charge in [-0.25, -0.2) is 0 Å². The lowest BCUT2D eigenvalue weighted by Gasteiger charge is -2.27. The molecule has 0 amide bonds. The van der Waals surface area contributed by atoms with Crippen molar-refractivity contribution >= 4 is 29.9 Å². The smallest absolute Gasteiger partial charge is 0.191 e. The summed E-state index contributed by atoms with van der Waals surface area (Å²) in [6.07, 6.45) is 7.25. The second kappa shape index (κ2) is 13.2. The molecule has 0 unspecified atom stereocenters. The monoisotopic (exact) mass is 489 g/mol. The van der Waals surface area contributed by atoms with E-state index in [4.69, 9.17) is 14.5 Å². The minimum absolute atomic E-state index is 0. The maximum Gasteiger partial charge on any atom is 0.191 e. The molecule has 6 heteroatoms. The highest BCUT2D eigenvalue weighted by molar-refractivity contribution is 14.0. The van der Waals surface area contributed by atoms with Gasteiger partial charge >= 0.3 is 0 Å². The van der Waals surface area contributed by atoms with Crippen molar-refractivity contribution in [2.75, 3.05) is 40.5 Å². The number of nitrogens with zero attached hydrogens (tertiary/aromatic N) is 1. The standard InChI is InChI=1S/C21H35N3O2.HI/c1-4-22-20(23-15-11-18-7-9-19(26-3)10-8-18)24-17-21(14-16-25-2)12-5-6-13-21;/h7-10H,4-6,11-17H2,1-3H3,(H2,22,23,24);1H. The summed E-state index contributed by atoms with van der Waals surface area (Å²) in [7, 11) is 3.48. The van der Waals surface area contributed by atoms with Crippen molar-refractivity contribution in [2.45, 2.75) is 45.4 Å². The Hall–Kier alpha value is -1.02. The Morgan fingerprint density at radius 1 is 1.11 bits per heavy atom. The largest absolute Gasteiger partial charge is 0.497 e. The number of methoxy groups -OCH3 is 2. The van der Waals surface area contributed by atoms with Gasteiger partial charge in [-0.2, -0.15) is 0 Å². The van der Waals surface area contributed by atoms with Crippen molar-refractivity contribution in [2.24, 2.45) is 10.4 Å². The molecule has 0 aromatic heterocycles. The van der Waals surface area contributed by atoms with Crippen LogP contribution in [0.2, 0.25) is 0 Å². The zero-order valence-corrected chi connectivity index (χ0v) is 19.4. The predicted molar refractivity (Wildman–Crippen MR) is 123 cm³/mol. The lowest BCUT2D eigenvalue weighted by atomic mass is 9.83. The van der Waals surface area contributed by atoms with E-state index >= 15 is 0 Å². The van der Waals surface area contributed by atoms with Crippen LogP contribution in [0, 0.1) is 5.41 Å². The van der Waals surface area contributed by atoms with Crippen LogP contribution in [0.4, 0.5) is 0 Å². The van der Waals surface area contributed by atoms with Crippen LogP contribution >= 0.6 is 24.0 Å². The Morgan fingerprint density at radius 3 is 2.41 bits per heavy atom. The van der Waals surface area contributed by atoms with Crippen LogP contribution in [-0.4, -0.2) is 46.4 Å². The van der Waals surface area contributed by atoms with E-state index in [1.54, 1.807) is 14.2 Å². The molecule has 1 aromatic carbocycles. The van der Waals surface area contributed by atoms with E-state index in [-0.39, 0.29) is 24.0 Å². The summed E-state index contributed by atoms with van der Waals surface area (Å²) in [5.74, 6) is 1.82. The summed E-state index contributed by atoms with van der Waals surface area (Å²) in [6, 6.07) is 8.24. The zero-order chi connectivity index (χ0) is 18.7. The maximum atomic E-state index is 5.32. The Balaban J connectivity index is 0.00000364. The molecule has 0 aliphatic heterocycles. The molecule has 5 nitrogen and oxygen atoms in total. The Bertz CT molecular complexity index is 543. The first-order valence-electron chi connectivity index (χ1n) is 9.85. The summed E-state index contributed by atoms with van der Waals surface area (Å²) >= 11 is 0. The number of aliphatic imine (C=N–C) groups is 1. The van der Waals surface area contributed by atoms with Gasteiger partial charge in [-0.3, -0.25) is 4.99 Å². The molecule has 0 heterocycles. The molecule has 1 fully saturated rings. The van der Waals surface area contributed by atoms with Crippen LogP contribution in [0.3, 0.4) is 0 Å². The molecule has 1 saturated carbocycles. The normalized spacial score (nSPS) is 15.9. The van der Waals surface area contributed by atoms with Crippen LogP contribution in [0.1, 0.15) is 44.6 Å². The van der Waals surface area contributed by atoms with Crippen molar-refractivity contribution in [3.8, 4) is 5.75 Å². The summed E-state index contributed by atoms with van der Waals surface area (Å²) in [5.41, 5.74) is 1.62. The highest BCUT2D eigenvalue weighted by atomic mass is 127.